The number of rotatable bonds is 8. The first-order valence-corrected chi connectivity index (χ1v) is 11.8. The van der Waals surface area contributed by atoms with Crippen LogP contribution in [0.1, 0.15) is 55.6 Å². The molecule has 0 aromatic carbocycles. The zero-order chi connectivity index (χ0) is 19.7. The molecule has 2 fully saturated rings. The van der Waals surface area contributed by atoms with Crippen LogP contribution in [0.4, 0.5) is 0 Å². The number of hydrogen-bond donors (Lipinski definition) is 2. The number of morpholine rings is 1. The Hall–Kier alpha value is -0.450. The molecule has 0 atom stereocenters. The van der Waals surface area contributed by atoms with E-state index in [-0.39, 0.29) is 29.5 Å². The number of unbranched alkanes of at least 4 members (excludes halogenated alkanes) is 1. The fourth-order valence-corrected chi connectivity index (χ4v) is 5.26. The lowest BCUT2D eigenvalue weighted by molar-refractivity contribution is -0.0352. The molecule has 2 aliphatic rings. The van der Waals surface area contributed by atoms with Crippen molar-refractivity contribution in [1.82, 2.24) is 20.5 Å². The molecule has 8 heteroatoms. The molecule has 2 heterocycles. The van der Waals surface area contributed by atoms with Crippen LogP contribution < -0.4 is 10.6 Å². The quantitative estimate of drug-likeness (QED) is 0.231. The summed E-state index contributed by atoms with van der Waals surface area (Å²) in [6.07, 6.45) is 9.98. The third-order valence-electron chi connectivity index (χ3n) is 6.05. The van der Waals surface area contributed by atoms with Gasteiger partial charge in [-0.2, -0.15) is 0 Å². The summed E-state index contributed by atoms with van der Waals surface area (Å²) >= 11 is 1.77. The second-order valence-electron chi connectivity index (χ2n) is 8.08. The predicted molar refractivity (Wildman–Crippen MR) is 133 cm³/mol. The number of aromatic nitrogens is 1. The Kier molecular flexibility index (Phi) is 11.2. The highest BCUT2D eigenvalue weighted by Gasteiger charge is 2.38. The number of hydrogen-bond acceptors (Lipinski definition) is 5. The van der Waals surface area contributed by atoms with Gasteiger partial charge in [0.05, 0.1) is 18.2 Å². The van der Waals surface area contributed by atoms with Gasteiger partial charge in [-0.3, -0.25) is 9.89 Å². The summed E-state index contributed by atoms with van der Waals surface area (Å²) in [5.41, 5.74) is 1.40. The summed E-state index contributed by atoms with van der Waals surface area (Å²) in [5, 5.41) is 10.5. The number of aliphatic imine (C=N–C) groups is 1. The van der Waals surface area contributed by atoms with E-state index < -0.39 is 0 Å². The maximum atomic E-state index is 5.59. The first kappa shape index (κ1) is 24.8. The number of guanidine groups is 1. The van der Waals surface area contributed by atoms with Crippen molar-refractivity contribution in [2.24, 2.45) is 4.99 Å². The average molecular weight is 536 g/mol. The van der Waals surface area contributed by atoms with Crippen molar-refractivity contribution in [3.63, 3.8) is 0 Å². The van der Waals surface area contributed by atoms with Gasteiger partial charge in [-0.05, 0) is 39.0 Å². The molecule has 166 valence electrons. The second-order valence-corrected chi connectivity index (χ2v) is 9.02. The van der Waals surface area contributed by atoms with Gasteiger partial charge in [0.1, 0.15) is 0 Å². The van der Waals surface area contributed by atoms with Crippen LogP contribution in [0.15, 0.2) is 10.4 Å². The predicted octanol–water partition coefficient (Wildman–Crippen LogP) is 3.59. The van der Waals surface area contributed by atoms with E-state index in [0.29, 0.717) is 0 Å². The molecule has 1 aromatic rings. The third-order valence-corrected chi connectivity index (χ3v) is 7.08. The molecule has 6 nitrogen and oxygen atoms in total. The summed E-state index contributed by atoms with van der Waals surface area (Å²) in [6.45, 7) is 7.85. The minimum Gasteiger partial charge on any atom is -0.379 e. The van der Waals surface area contributed by atoms with Crippen LogP contribution in [0.25, 0.3) is 0 Å². The van der Waals surface area contributed by atoms with Crippen LogP contribution >= 0.6 is 35.3 Å². The lowest BCUT2D eigenvalue weighted by atomic mass is 9.80. The number of thiazole rings is 1. The zero-order valence-electron chi connectivity index (χ0n) is 18.0. The van der Waals surface area contributed by atoms with Gasteiger partial charge in [-0.15, -0.1) is 35.3 Å². The van der Waals surface area contributed by atoms with E-state index in [0.717, 1.165) is 70.3 Å². The maximum Gasteiger partial charge on any atom is 0.191 e. The van der Waals surface area contributed by atoms with Crippen molar-refractivity contribution in [1.29, 1.82) is 0 Å². The van der Waals surface area contributed by atoms with Gasteiger partial charge in [-0.25, -0.2) is 4.98 Å². The Morgan fingerprint density at radius 2 is 1.97 bits per heavy atom. The van der Waals surface area contributed by atoms with E-state index >= 15 is 0 Å². The molecule has 1 aliphatic carbocycles. The Bertz CT molecular complexity index is 612. The standard InChI is InChI=1S/C21H37N5OS.HI/c1-18-16-28-19(25-18)8-4-7-11-23-20(22-2)24-17-21(9-5-3-6-10-21)26-12-14-27-15-13-26;/h16H,3-15,17H2,1-2H3,(H2,22,23,24);1H. The molecule has 1 aliphatic heterocycles. The van der Waals surface area contributed by atoms with Crippen molar-refractivity contribution in [3.8, 4) is 0 Å². The summed E-state index contributed by atoms with van der Waals surface area (Å²) in [5.74, 6) is 0.934. The Labute approximate surface area is 197 Å². The molecule has 0 radical (unpaired) electrons. The first-order chi connectivity index (χ1) is 13.7. The number of ether oxygens (including phenoxy) is 1. The van der Waals surface area contributed by atoms with E-state index in [2.05, 4.69) is 37.8 Å². The third kappa shape index (κ3) is 7.63. The highest BCUT2D eigenvalue weighted by atomic mass is 127. The molecule has 0 spiro atoms. The summed E-state index contributed by atoms with van der Waals surface area (Å²) in [7, 11) is 1.87. The van der Waals surface area contributed by atoms with Crippen molar-refractivity contribution in [2.45, 2.75) is 63.8 Å². The minimum atomic E-state index is 0. The van der Waals surface area contributed by atoms with Crippen molar-refractivity contribution in [3.05, 3.63) is 16.1 Å². The summed E-state index contributed by atoms with van der Waals surface area (Å²) in [6, 6.07) is 0. The summed E-state index contributed by atoms with van der Waals surface area (Å²) in [4.78, 5) is 11.7. The van der Waals surface area contributed by atoms with Crippen molar-refractivity contribution < 1.29 is 4.74 Å². The van der Waals surface area contributed by atoms with Crippen LogP contribution in [0.5, 0.6) is 0 Å². The van der Waals surface area contributed by atoms with Crippen LogP contribution in [0.2, 0.25) is 0 Å². The van der Waals surface area contributed by atoms with Crippen LogP contribution in [0.3, 0.4) is 0 Å². The highest BCUT2D eigenvalue weighted by molar-refractivity contribution is 14.0. The Balaban J connectivity index is 0.00000300. The van der Waals surface area contributed by atoms with Gasteiger partial charge in [0, 0.05) is 49.8 Å². The maximum absolute atomic E-state index is 5.59. The molecule has 0 unspecified atom stereocenters. The largest absolute Gasteiger partial charge is 0.379 e. The van der Waals surface area contributed by atoms with Crippen molar-refractivity contribution in [2.75, 3.05) is 46.4 Å². The van der Waals surface area contributed by atoms with Gasteiger partial charge in [-0.1, -0.05) is 19.3 Å². The first-order valence-electron chi connectivity index (χ1n) is 10.9. The normalized spacial score (nSPS) is 20.1. The van der Waals surface area contributed by atoms with Crippen LogP contribution in [-0.4, -0.2) is 67.8 Å². The molecule has 29 heavy (non-hydrogen) atoms. The van der Waals surface area contributed by atoms with E-state index in [4.69, 9.17) is 4.74 Å². The number of nitrogens with one attached hydrogen (secondary N) is 2. The molecular formula is C21H38IN5OS. The average Bonchev–Trinajstić information content (AvgIpc) is 3.16. The van der Waals surface area contributed by atoms with Gasteiger partial charge in [0.25, 0.3) is 0 Å². The van der Waals surface area contributed by atoms with Crippen molar-refractivity contribution >= 4 is 41.3 Å². The van der Waals surface area contributed by atoms with Crippen LogP contribution in [0, 0.1) is 6.92 Å². The van der Waals surface area contributed by atoms with Gasteiger partial charge in [0.2, 0.25) is 0 Å². The topological polar surface area (TPSA) is 61.8 Å². The zero-order valence-corrected chi connectivity index (χ0v) is 21.2. The lowest BCUT2D eigenvalue weighted by Crippen LogP contribution is -2.60. The molecule has 1 saturated heterocycles. The van der Waals surface area contributed by atoms with Gasteiger partial charge < -0.3 is 15.4 Å². The molecule has 1 aromatic heterocycles. The monoisotopic (exact) mass is 535 g/mol. The molecule has 3 rings (SSSR count). The highest BCUT2D eigenvalue weighted by Crippen LogP contribution is 2.33. The Morgan fingerprint density at radius 1 is 1.21 bits per heavy atom. The van der Waals surface area contributed by atoms with E-state index in [1.807, 2.05) is 7.05 Å². The number of aryl methyl sites for hydroxylation is 2. The fourth-order valence-electron chi connectivity index (χ4n) is 4.45. The lowest BCUT2D eigenvalue weighted by Gasteiger charge is -2.48. The van der Waals surface area contributed by atoms with E-state index in [1.165, 1.54) is 37.1 Å². The van der Waals surface area contributed by atoms with Crippen LogP contribution in [-0.2, 0) is 11.2 Å². The van der Waals surface area contributed by atoms with Gasteiger partial charge >= 0.3 is 0 Å². The molecule has 0 bridgehead atoms. The second kappa shape index (κ2) is 13.1. The smallest absolute Gasteiger partial charge is 0.191 e. The molecular weight excluding hydrogens is 497 g/mol. The van der Waals surface area contributed by atoms with Gasteiger partial charge in [0.15, 0.2) is 5.96 Å². The Morgan fingerprint density at radius 3 is 2.62 bits per heavy atom. The SMILES string of the molecule is CN=C(NCCCCc1nc(C)cs1)NCC1(N2CCOCC2)CCCCC1.I. The summed E-state index contributed by atoms with van der Waals surface area (Å²) < 4.78 is 5.59. The number of halogens is 1. The minimum absolute atomic E-state index is 0. The fraction of sp³-hybridized carbons (Fsp3) is 0.810. The molecule has 0 amide bonds. The van der Waals surface area contributed by atoms with E-state index in [1.54, 1.807) is 11.3 Å². The number of nitrogens with zero attached hydrogens (tertiary/aromatic N) is 3. The molecule has 2 N–H and O–H groups in total. The van der Waals surface area contributed by atoms with E-state index in [9.17, 15) is 0 Å². The molecule has 1 saturated carbocycles.